The van der Waals surface area contributed by atoms with Crippen molar-refractivity contribution in [3.8, 4) is 0 Å². The molecule has 1 atom stereocenters. The number of non-ortho nitro benzene ring substituents is 1. The van der Waals surface area contributed by atoms with Gasteiger partial charge in [-0.3, -0.25) is 24.0 Å². The number of anilines is 1. The Hall–Kier alpha value is -4.55. The monoisotopic (exact) mass is 706 g/mol. The van der Waals surface area contributed by atoms with Crippen molar-refractivity contribution in [2.45, 2.75) is 43.7 Å². The Bertz CT molecular complexity index is 1760. The van der Waals surface area contributed by atoms with Crippen LogP contribution in [0.15, 0.2) is 119 Å². The largest absolute Gasteiger partial charge is 0.354 e. The minimum Gasteiger partial charge on any atom is -0.354 e. The molecule has 0 heterocycles. The van der Waals surface area contributed by atoms with Crippen molar-refractivity contribution in [3.05, 3.63) is 135 Å². The molecule has 12 heteroatoms. The maximum Gasteiger partial charge on any atom is 0.271 e. The van der Waals surface area contributed by atoms with Crippen molar-refractivity contribution in [1.29, 1.82) is 0 Å². The highest BCUT2D eigenvalue weighted by Gasteiger charge is 2.35. The molecule has 0 aromatic heterocycles. The molecule has 0 unspecified atom stereocenters. The highest BCUT2D eigenvalue weighted by atomic mass is 79.9. The molecule has 2 amide bonds. The van der Waals surface area contributed by atoms with Gasteiger partial charge in [0.2, 0.25) is 11.8 Å². The van der Waals surface area contributed by atoms with E-state index in [2.05, 4.69) is 21.2 Å². The zero-order chi connectivity index (χ0) is 33.1. The summed E-state index contributed by atoms with van der Waals surface area (Å²) in [6, 6.07) is 28.3. The van der Waals surface area contributed by atoms with Crippen molar-refractivity contribution < 1.29 is 22.9 Å². The minimum absolute atomic E-state index is 0.00509. The van der Waals surface area contributed by atoms with E-state index in [4.69, 9.17) is 0 Å². The molecule has 0 aliphatic heterocycles. The third kappa shape index (κ3) is 9.01. The number of carbonyl (C=O) groups excluding carboxylic acids is 2. The Morgan fingerprint density at radius 2 is 1.54 bits per heavy atom. The number of unbranched alkanes of at least 4 members (excludes halogenated alkanes) is 1. The van der Waals surface area contributed by atoms with Gasteiger partial charge >= 0.3 is 0 Å². The Morgan fingerprint density at radius 1 is 0.891 bits per heavy atom. The molecule has 4 aromatic carbocycles. The second-order valence-corrected chi connectivity index (χ2v) is 13.4. The van der Waals surface area contributed by atoms with Crippen LogP contribution in [0.4, 0.5) is 11.4 Å². The molecule has 4 rings (SSSR count). The molecule has 1 N–H and O–H groups in total. The third-order valence-corrected chi connectivity index (χ3v) is 9.56. The van der Waals surface area contributed by atoms with Crippen LogP contribution in [0.1, 0.15) is 30.9 Å². The fraction of sp³-hybridized carbons (Fsp3) is 0.235. The van der Waals surface area contributed by atoms with E-state index in [-0.39, 0.29) is 35.1 Å². The quantitative estimate of drug-likeness (QED) is 0.0902. The molecular formula is C34H35BrN4O6S. The Morgan fingerprint density at radius 3 is 2.20 bits per heavy atom. The average molecular weight is 708 g/mol. The lowest BCUT2D eigenvalue weighted by Gasteiger charge is -2.34. The van der Waals surface area contributed by atoms with E-state index >= 15 is 0 Å². The van der Waals surface area contributed by atoms with E-state index in [1.54, 1.807) is 18.2 Å². The van der Waals surface area contributed by atoms with Gasteiger partial charge in [-0.15, -0.1) is 0 Å². The lowest BCUT2D eigenvalue weighted by molar-refractivity contribution is -0.384. The first kappa shape index (κ1) is 34.3. The predicted octanol–water partition coefficient (Wildman–Crippen LogP) is 6.11. The lowest BCUT2D eigenvalue weighted by Crippen LogP contribution is -2.53. The summed E-state index contributed by atoms with van der Waals surface area (Å²) in [6.45, 7) is 1.72. The molecule has 4 aromatic rings. The van der Waals surface area contributed by atoms with Crippen molar-refractivity contribution in [1.82, 2.24) is 10.2 Å². The van der Waals surface area contributed by atoms with Crippen molar-refractivity contribution in [2.24, 2.45) is 0 Å². The van der Waals surface area contributed by atoms with Gasteiger partial charge in [0.15, 0.2) is 0 Å². The molecule has 0 radical (unpaired) electrons. The number of hydrogen-bond acceptors (Lipinski definition) is 6. The number of benzene rings is 4. The van der Waals surface area contributed by atoms with Crippen LogP contribution in [0.3, 0.4) is 0 Å². The maximum absolute atomic E-state index is 14.5. The van der Waals surface area contributed by atoms with Crippen LogP contribution < -0.4 is 9.62 Å². The molecule has 0 saturated carbocycles. The van der Waals surface area contributed by atoms with Gasteiger partial charge in [-0.05, 0) is 47.9 Å². The van der Waals surface area contributed by atoms with Gasteiger partial charge in [0.25, 0.3) is 15.7 Å². The van der Waals surface area contributed by atoms with E-state index in [9.17, 15) is 28.1 Å². The highest BCUT2D eigenvalue weighted by molar-refractivity contribution is 9.10. The van der Waals surface area contributed by atoms with Gasteiger partial charge in [-0.25, -0.2) is 8.42 Å². The number of nitrogens with zero attached hydrogens (tertiary/aromatic N) is 3. The van der Waals surface area contributed by atoms with Crippen LogP contribution in [0.25, 0.3) is 0 Å². The molecule has 0 fully saturated rings. The van der Waals surface area contributed by atoms with Crippen LogP contribution in [0.2, 0.25) is 0 Å². The number of sulfonamides is 1. The SMILES string of the molecule is CCCCNC(=O)[C@@H](Cc1ccccc1)N(Cc1cccc(Br)c1)C(=O)CN(c1cccc([N+](=O)[O-])c1)S(=O)(=O)c1ccccc1. The molecule has 10 nitrogen and oxygen atoms in total. The number of nitrogens with one attached hydrogen (secondary N) is 1. The van der Waals surface area contributed by atoms with Crippen molar-refractivity contribution >= 4 is 49.1 Å². The summed E-state index contributed by atoms with van der Waals surface area (Å²) in [5, 5.41) is 14.6. The third-order valence-electron chi connectivity index (χ3n) is 7.28. The van der Waals surface area contributed by atoms with Crippen LogP contribution in [-0.4, -0.2) is 49.2 Å². The zero-order valence-corrected chi connectivity index (χ0v) is 27.7. The fourth-order valence-corrected chi connectivity index (χ4v) is 6.78. The Labute approximate surface area is 277 Å². The van der Waals surface area contributed by atoms with Gasteiger partial charge < -0.3 is 10.2 Å². The first-order chi connectivity index (χ1) is 22.1. The van der Waals surface area contributed by atoms with E-state index in [1.807, 2.05) is 61.5 Å². The van der Waals surface area contributed by atoms with Crippen molar-refractivity contribution in [2.75, 3.05) is 17.4 Å². The van der Waals surface area contributed by atoms with Gasteiger partial charge in [-0.1, -0.05) is 96.0 Å². The van der Waals surface area contributed by atoms with Gasteiger partial charge in [0.05, 0.1) is 15.5 Å². The number of carbonyl (C=O) groups is 2. The van der Waals surface area contributed by atoms with Gasteiger partial charge in [0, 0.05) is 36.1 Å². The Balaban J connectivity index is 1.81. The van der Waals surface area contributed by atoms with E-state index in [1.165, 1.54) is 35.2 Å². The molecule has 0 aliphatic carbocycles. The summed E-state index contributed by atoms with van der Waals surface area (Å²) in [7, 11) is -4.37. The Kier molecular flexibility index (Phi) is 12.0. The van der Waals surface area contributed by atoms with E-state index in [0.717, 1.165) is 38.8 Å². The second kappa shape index (κ2) is 16.1. The van der Waals surface area contributed by atoms with Crippen LogP contribution in [-0.2, 0) is 32.6 Å². The summed E-state index contributed by atoms with van der Waals surface area (Å²) >= 11 is 3.47. The van der Waals surface area contributed by atoms with Crippen LogP contribution in [0.5, 0.6) is 0 Å². The van der Waals surface area contributed by atoms with E-state index < -0.39 is 33.4 Å². The summed E-state index contributed by atoms with van der Waals surface area (Å²) < 4.78 is 29.7. The predicted molar refractivity (Wildman–Crippen MR) is 181 cm³/mol. The lowest BCUT2D eigenvalue weighted by atomic mass is 10.0. The molecule has 0 spiro atoms. The molecule has 240 valence electrons. The smallest absolute Gasteiger partial charge is 0.271 e. The number of rotatable bonds is 15. The average Bonchev–Trinajstić information content (AvgIpc) is 3.06. The topological polar surface area (TPSA) is 130 Å². The summed E-state index contributed by atoms with van der Waals surface area (Å²) in [5.74, 6) is -1.02. The highest BCUT2D eigenvalue weighted by Crippen LogP contribution is 2.28. The normalized spacial score (nSPS) is 11.8. The van der Waals surface area contributed by atoms with Gasteiger partial charge in [0.1, 0.15) is 12.6 Å². The number of nitro benzene ring substituents is 1. The summed E-state index contributed by atoms with van der Waals surface area (Å²) in [4.78, 5) is 40.6. The van der Waals surface area contributed by atoms with E-state index in [0.29, 0.717) is 6.54 Å². The van der Waals surface area contributed by atoms with Crippen molar-refractivity contribution in [3.63, 3.8) is 0 Å². The number of hydrogen-bond donors (Lipinski definition) is 1. The minimum atomic E-state index is -4.37. The molecular weight excluding hydrogens is 672 g/mol. The zero-order valence-electron chi connectivity index (χ0n) is 25.3. The van der Waals surface area contributed by atoms with Crippen LogP contribution in [0, 0.1) is 10.1 Å². The molecule has 46 heavy (non-hydrogen) atoms. The summed E-state index contributed by atoms with van der Waals surface area (Å²) in [6.07, 6.45) is 1.79. The number of amides is 2. The molecule has 0 aliphatic rings. The fourth-order valence-electron chi connectivity index (χ4n) is 4.90. The second-order valence-electron chi connectivity index (χ2n) is 10.6. The maximum atomic E-state index is 14.5. The molecule has 0 saturated heterocycles. The first-order valence-corrected chi connectivity index (χ1v) is 17.0. The molecule has 0 bridgehead atoms. The first-order valence-electron chi connectivity index (χ1n) is 14.8. The number of nitro groups is 1. The van der Waals surface area contributed by atoms with Crippen LogP contribution >= 0.6 is 15.9 Å². The standard InChI is InChI=1S/C34H35BrN4O6S/c1-2-3-20-36-34(41)32(22-26-12-6-4-7-13-26)37(24-27-14-10-15-28(35)21-27)33(40)25-38(29-16-11-17-30(23-29)39(42)43)46(44,45)31-18-8-5-9-19-31/h4-19,21,23,32H,2-3,20,22,24-25H2,1H3,(H,36,41)/t32-/m1/s1. The number of halogens is 1. The van der Waals surface area contributed by atoms with Gasteiger partial charge in [-0.2, -0.15) is 0 Å². The summed E-state index contributed by atoms with van der Waals surface area (Å²) in [5.41, 5.74) is 1.15.